The first-order valence-electron chi connectivity index (χ1n) is 4.31. The molecule has 1 amide bonds. The molecule has 1 heterocycles. The smallest absolute Gasteiger partial charge is 0.252 e. The summed E-state index contributed by atoms with van der Waals surface area (Å²) in [7, 11) is 1.80. The van der Waals surface area contributed by atoms with Crippen LogP contribution in [0.5, 0.6) is 0 Å². The second kappa shape index (κ2) is 4.14. The number of carbonyl (C=O) groups is 1. The van der Waals surface area contributed by atoms with Gasteiger partial charge in [0.15, 0.2) is 0 Å². The molecule has 0 aromatic rings. The Hall–Kier alpha value is -0.990. The van der Waals surface area contributed by atoms with Crippen molar-refractivity contribution in [2.45, 2.75) is 19.8 Å². The second-order valence-corrected chi connectivity index (χ2v) is 2.94. The van der Waals surface area contributed by atoms with Crippen LogP contribution in [0.15, 0.2) is 11.8 Å². The largest absolute Gasteiger partial charge is 0.501 e. The molecular formula is C9H15NO2. The topological polar surface area (TPSA) is 29.5 Å². The number of likely N-dealkylation sites (N-methyl/N-ethyl adjacent to an activating group) is 1. The summed E-state index contributed by atoms with van der Waals surface area (Å²) in [4.78, 5) is 13.2. The molecular weight excluding hydrogens is 154 g/mol. The standard InChI is InChI=1S/C9H15NO2/c1-3-10(2)9(11)8-5-4-6-12-7-8/h7H,3-6H2,1-2H3. The fraction of sp³-hybridized carbons (Fsp3) is 0.667. The van der Waals surface area contributed by atoms with Crippen molar-refractivity contribution in [1.29, 1.82) is 0 Å². The minimum absolute atomic E-state index is 0.0946. The van der Waals surface area contributed by atoms with Crippen molar-refractivity contribution < 1.29 is 9.53 Å². The molecule has 12 heavy (non-hydrogen) atoms. The van der Waals surface area contributed by atoms with E-state index in [1.54, 1.807) is 18.2 Å². The van der Waals surface area contributed by atoms with Crippen molar-refractivity contribution in [1.82, 2.24) is 4.90 Å². The lowest BCUT2D eigenvalue weighted by Crippen LogP contribution is -2.28. The van der Waals surface area contributed by atoms with Gasteiger partial charge in [0.2, 0.25) is 0 Å². The van der Waals surface area contributed by atoms with E-state index in [0.717, 1.165) is 31.6 Å². The number of rotatable bonds is 2. The Morgan fingerprint density at radius 3 is 3.00 bits per heavy atom. The average molecular weight is 169 g/mol. The van der Waals surface area contributed by atoms with Crippen molar-refractivity contribution in [3.8, 4) is 0 Å². The Labute approximate surface area is 73.0 Å². The highest BCUT2D eigenvalue weighted by Crippen LogP contribution is 2.13. The number of ether oxygens (including phenoxy) is 1. The molecule has 0 aromatic carbocycles. The molecule has 0 bridgehead atoms. The Morgan fingerprint density at radius 2 is 2.50 bits per heavy atom. The van der Waals surface area contributed by atoms with E-state index in [1.807, 2.05) is 6.92 Å². The molecule has 68 valence electrons. The maximum absolute atomic E-state index is 11.5. The minimum Gasteiger partial charge on any atom is -0.501 e. The molecule has 0 radical (unpaired) electrons. The van der Waals surface area contributed by atoms with Crippen LogP contribution < -0.4 is 0 Å². The molecule has 0 N–H and O–H groups in total. The van der Waals surface area contributed by atoms with E-state index in [9.17, 15) is 4.79 Å². The normalized spacial score (nSPS) is 16.3. The van der Waals surface area contributed by atoms with Gasteiger partial charge in [-0.3, -0.25) is 4.79 Å². The van der Waals surface area contributed by atoms with E-state index in [0.29, 0.717) is 0 Å². The quantitative estimate of drug-likeness (QED) is 0.620. The fourth-order valence-corrected chi connectivity index (χ4v) is 1.11. The SMILES string of the molecule is CCN(C)C(=O)C1=COCCC1. The first kappa shape index (κ1) is 9.10. The van der Waals surface area contributed by atoms with Gasteiger partial charge >= 0.3 is 0 Å². The molecule has 3 nitrogen and oxygen atoms in total. The molecule has 0 saturated heterocycles. The van der Waals surface area contributed by atoms with Crippen LogP contribution in [0.25, 0.3) is 0 Å². The highest BCUT2D eigenvalue weighted by atomic mass is 16.5. The summed E-state index contributed by atoms with van der Waals surface area (Å²) >= 11 is 0. The molecule has 1 aliphatic heterocycles. The van der Waals surface area contributed by atoms with Crippen LogP contribution in [0.4, 0.5) is 0 Å². The highest BCUT2D eigenvalue weighted by Gasteiger charge is 2.15. The number of hydrogen-bond acceptors (Lipinski definition) is 2. The summed E-state index contributed by atoms with van der Waals surface area (Å²) in [5.41, 5.74) is 0.797. The van der Waals surface area contributed by atoms with E-state index in [4.69, 9.17) is 4.74 Å². The average Bonchev–Trinajstić information content (AvgIpc) is 2.17. The third kappa shape index (κ3) is 2.00. The fourth-order valence-electron chi connectivity index (χ4n) is 1.11. The van der Waals surface area contributed by atoms with Crippen LogP contribution >= 0.6 is 0 Å². The number of nitrogens with zero attached hydrogens (tertiary/aromatic N) is 1. The predicted molar refractivity (Wildman–Crippen MR) is 46.6 cm³/mol. The van der Waals surface area contributed by atoms with Gasteiger partial charge in [0.1, 0.15) is 0 Å². The van der Waals surface area contributed by atoms with Crippen LogP contribution in [-0.2, 0) is 9.53 Å². The summed E-state index contributed by atoms with van der Waals surface area (Å²) in [6.07, 6.45) is 3.40. The van der Waals surface area contributed by atoms with E-state index in [-0.39, 0.29) is 5.91 Å². The van der Waals surface area contributed by atoms with Gasteiger partial charge in [0.25, 0.3) is 5.91 Å². The van der Waals surface area contributed by atoms with Crippen molar-refractivity contribution >= 4 is 5.91 Å². The number of amides is 1. The van der Waals surface area contributed by atoms with E-state index in [1.165, 1.54) is 0 Å². The maximum atomic E-state index is 11.5. The summed E-state index contributed by atoms with van der Waals surface area (Å²) in [5.74, 6) is 0.0946. The zero-order valence-electron chi connectivity index (χ0n) is 7.67. The highest BCUT2D eigenvalue weighted by molar-refractivity contribution is 5.93. The van der Waals surface area contributed by atoms with Gasteiger partial charge < -0.3 is 9.64 Å². The maximum Gasteiger partial charge on any atom is 0.252 e. The first-order chi connectivity index (χ1) is 5.75. The van der Waals surface area contributed by atoms with Gasteiger partial charge in [-0.1, -0.05) is 0 Å². The zero-order valence-corrected chi connectivity index (χ0v) is 7.67. The van der Waals surface area contributed by atoms with E-state index in [2.05, 4.69) is 0 Å². The molecule has 1 rings (SSSR count). The second-order valence-electron chi connectivity index (χ2n) is 2.94. The Balaban J connectivity index is 2.56. The Morgan fingerprint density at radius 1 is 1.75 bits per heavy atom. The van der Waals surface area contributed by atoms with Crippen LogP contribution in [0.3, 0.4) is 0 Å². The van der Waals surface area contributed by atoms with Crippen LogP contribution in [0.2, 0.25) is 0 Å². The van der Waals surface area contributed by atoms with Gasteiger partial charge in [-0.2, -0.15) is 0 Å². The van der Waals surface area contributed by atoms with Gasteiger partial charge in [0.05, 0.1) is 18.4 Å². The van der Waals surface area contributed by atoms with E-state index >= 15 is 0 Å². The molecule has 0 aromatic heterocycles. The molecule has 0 saturated carbocycles. The zero-order chi connectivity index (χ0) is 8.97. The van der Waals surface area contributed by atoms with Crippen molar-refractivity contribution in [2.75, 3.05) is 20.2 Å². The summed E-state index contributed by atoms with van der Waals surface area (Å²) in [6, 6.07) is 0. The Kier molecular flexibility index (Phi) is 3.14. The lowest BCUT2D eigenvalue weighted by molar-refractivity contribution is -0.126. The molecule has 3 heteroatoms. The van der Waals surface area contributed by atoms with Crippen LogP contribution in [0.1, 0.15) is 19.8 Å². The first-order valence-corrected chi connectivity index (χ1v) is 4.31. The molecule has 0 spiro atoms. The molecule has 1 aliphatic rings. The van der Waals surface area contributed by atoms with Crippen molar-refractivity contribution in [2.24, 2.45) is 0 Å². The third-order valence-corrected chi connectivity index (χ3v) is 2.03. The van der Waals surface area contributed by atoms with Crippen molar-refractivity contribution in [3.63, 3.8) is 0 Å². The summed E-state index contributed by atoms with van der Waals surface area (Å²) in [6.45, 7) is 3.45. The van der Waals surface area contributed by atoms with Crippen LogP contribution in [-0.4, -0.2) is 31.0 Å². The lowest BCUT2D eigenvalue weighted by Gasteiger charge is -2.19. The van der Waals surface area contributed by atoms with Gasteiger partial charge in [-0.15, -0.1) is 0 Å². The van der Waals surface area contributed by atoms with Gasteiger partial charge in [0, 0.05) is 13.6 Å². The predicted octanol–water partition coefficient (Wildman–Crippen LogP) is 1.16. The lowest BCUT2D eigenvalue weighted by atomic mass is 10.1. The molecule has 0 atom stereocenters. The number of hydrogen-bond donors (Lipinski definition) is 0. The minimum atomic E-state index is 0.0946. The van der Waals surface area contributed by atoms with Gasteiger partial charge in [-0.25, -0.2) is 0 Å². The third-order valence-electron chi connectivity index (χ3n) is 2.03. The molecule has 0 aliphatic carbocycles. The van der Waals surface area contributed by atoms with Crippen LogP contribution in [0, 0.1) is 0 Å². The summed E-state index contributed by atoms with van der Waals surface area (Å²) < 4.78 is 5.09. The van der Waals surface area contributed by atoms with E-state index < -0.39 is 0 Å². The van der Waals surface area contributed by atoms with Gasteiger partial charge in [-0.05, 0) is 19.8 Å². The van der Waals surface area contributed by atoms with Crippen molar-refractivity contribution in [3.05, 3.63) is 11.8 Å². The number of carbonyl (C=O) groups excluding carboxylic acids is 1. The molecule has 0 unspecified atom stereocenters. The summed E-state index contributed by atoms with van der Waals surface area (Å²) in [5, 5.41) is 0. The molecule has 0 fully saturated rings. The monoisotopic (exact) mass is 169 g/mol. The Bertz CT molecular complexity index is 199.